The molecule has 3 aliphatic rings. The molecule has 0 atom stereocenters. The Morgan fingerprint density at radius 1 is 0.525 bits per heavy atom. The second kappa shape index (κ2) is 22.9. The summed E-state index contributed by atoms with van der Waals surface area (Å²) in [6.07, 6.45) is 9.68. The van der Waals surface area contributed by atoms with Gasteiger partial charge in [-0.05, 0) is 134 Å². The maximum atomic E-state index is 5.56. The highest BCUT2D eigenvalue weighted by atomic mass is 16.5. The SMILES string of the molecule is COc1cc(C(C)C)cnc1N1CCC(C(C)C)CC1.COc1nc(N2CCC(C(C)C)CC2)ccc1C(C)C.Cc1nc(N2CCC(C(C)C)CC2)ccc1C(C)C. The lowest BCUT2D eigenvalue weighted by Crippen LogP contribution is -2.36. The number of ether oxygens (including phenoxy) is 2. The zero-order valence-corrected chi connectivity index (χ0v) is 40.1. The van der Waals surface area contributed by atoms with E-state index in [4.69, 9.17) is 19.4 Å². The first-order valence-corrected chi connectivity index (χ1v) is 23.4. The van der Waals surface area contributed by atoms with E-state index in [0.717, 1.165) is 98.0 Å². The molecule has 0 aromatic carbocycles. The first-order valence-electron chi connectivity index (χ1n) is 23.4. The lowest BCUT2D eigenvalue weighted by atomic mass is 9.87. The normalized spacial score (nSPS) is 17.2. The lowest BCUT2D eigenvalue weighted by molar-refractivity contribution is 0.309. The minimum atomic E-state index is 0.443. The molecule has 3 fully saturated rings. The number of hydrogen-bond donors (Lipinski definition) is 0. The fraction of sp³-hybridized carbons (Fsp3) is 0.706. The molecule has 6 heterocycles. The zero-order chi connectivity index (χ0) is 43.4. The van der Waals surface area contributed by atoms with Crippen molar-refractivity contribution >= 4 is 17.5 Å². The Balaban J connectivity index is 0.000000196. The van der Waals surface area contributed by atoms with Crippen molar-refractivity contribution in [1.29, 1.82) is 0 Å². The average Bonchev–Trinajstić information content (AvgIpc) is 3.23. The van der Waals surface area contributed by atoms with Crippen molar-refractivity contribution in [3.05, 3.63) is 58.9 Å². The third kappa shape index (κ3) is 13.5. The largest absolute Gasteiger partial charge is 0.493 e. The summed E-state index contributed by atoms with van der Waals surface area (Å²) in [6, 6.07) is 10.9. The molecule has 0 bridgehead atoms. The van der Waals surface area contributed by atoms with Crippen LogP contribution >= 0.6 is 0 Å². The van der Waals surface area contributed by atoms with Gasteiger partial charge in [0.05, 0.1) is 14.2 Å². The predicted molar refractivity (Wildman–Crippen MR) is 252 cm³/mol. The Kier molecular flexibility index (Phi) is 18.7. The molecule has 0 unspecified atom stereocenters. The van der Waals surface area contributed by atoms with E-state index in [2.05, 4.69) is 140 Å². The van der Waals surface area contributed by atoms with Gasteiger partial charge in [0, 0.05) is 56.7 Å². The Morgan fingerprint density at radius 3 is 1.32 bits per heavy atom. The van der Waals surface area contributed by atoms with Crippen LogP contribution in [-0.2, 0) is 0 Å². The molecule has 3 aliphatic heterocycles. The van der Waals surface area contributed by atoms with Gasteiger partial charge in [-0.1, -0.05) is 89.2 Å². The van der Waals surface area contributed by atoms with Crippen LogP contribution < -0.4 is 24.2 Å². The summed E-state index contributed by atoms with van der Waals surface area (Å²) in [7, 11) is 3.45. The summed E-state index contributed by atoms with van der Waals surface area (Å²) in [5.74, 6) is 11.4. The predicted octanol–water partition coefficient (Wildman–Crippen LogP) is 12.6. The van der Waals surface area contributed by atoms with Crippen LogP contribution in [0.5, 0.6) is 11.6 Å². The van der Waals surface area contributed by atoms with Crippen molar-refractivity contribution in [2.24, 2.45) is 35.5 Å². The van der Waals surface area contributed by atoms with Crippen LogP contribution in [0.4, 0.5) is 17.5 Å². The van der Waals surface area contributed by atoms with Crippen LogP contribution in [0.2, 0.25) is 0 Å². The number of anilines is 3. The molecule has 330 valence electrons. The molecule has 0 spiro atoms. The van der Waals surface area contributed by atoms with E-state index < -0.39 is 0 Å². The average molecular weight is 813 g/mol. The van der Waals surface area contributed by atoms with Crippen LogP contribution in [0.3, 0.4) is 0 Å². The molecule has 0 radical (unpaired) electrons. The Hall–Kier alpha value is -3.55. The van der Waals surface area contributed by atoms with Gasteiger partial charge in [-0.25, -0.2) is 9.97 Å². The fourth-order valence-electron chi connectivity index (χ4n) is 9.09. The van der Waals surface area contributed by atoms with Gasteiger partial charge in [0.25, 0.3) is 0 Å². The summed E-state index contributed by atoms with van der Waals surface area (Å²) in [4.78, 5) is 21.4. The highest BCUT2D eigenvalue weighted by Gasteiger charge is 2.26. The van der Waals surface area contributed by atoms with Gasteiger partial charge in [-0.15, -0.1) is 0 Å². The van der Waals surface area contributed by atoms with Crippen molar-refractivity contribution in [3.63, 3.8) is 0 Å². The van der Waals surface area contributed by atoms with Crippen molar-refractivity contribution in [1.82, 2.24) is 15.0 Å². The molecule has 3 aromatic rings. The summed E-state index contributed by atoms with van der Waals surface area (Å²) in [5.41, 5.74) is 5.00. The molecule has 8 heteroatoms. The first-order chi connectivity index (χ1) is 28.0. The van der Waals surface area contributed by atoms with Crippen LogP contribution in [0.25, 0.3) is 0 Å². The van der Waals surface area contributed by atoms with E-state index >= 15 is 0 Å². The Bertz CT molecular complexity index is 1680. The van der Waals surface area contributed by atoms with Crippen molar-refractivity contribution < 1.29 is 9.47 Å². The molecule has 0 N–H and O–H groups in total. The van der Waals surface area contributed by atoms with E-state index in [1.54, 1.807) is 14.2 Å². The second-order valence-electron chi connectivity index (χ2n) is 19.6. The van der Waals surface area contributed by atoms with E-state index in [1.807, 2.05) is 6.20 Å². The maximum Gasteiger partial charge on any atom is 0.218 e. The van der Waals surface area contributed by atoms with Crippen LogP contribution in [0.15, 0.2) is 36.5 Å². The second-order valence-corrected chi connectivity index (χ2v) is 19.6. The molecule has 0 saturated carbocycles. The third-order valence-electron chi connectivity index (χ3n) is 13.6. The number of piperidine rings is 3. The maximum absolute atomic E-state index is 5.56. The summed E-state index contributed by atoms with van der Waals surface area (Å²) >= 11 is 0. The summed E-state index contributed by atoms with van der Waals surface area (Å²) in [5, 5.41) is 0. The van der Waals surface area contributed by atoms with E-state index in [1.165, 1.54) is 66.7 Å². The summed E-state index contributed by atoms with van der Waals surface area (Å²) < 4.78 is 11.0. The topological polar surface area (TPSA) is 66.9 Å². The Labute approximate surface area is 361 Å². The molecule has 3 saturated heterocycles. The number of pyridine rings is 3. The Morgan fingerprint density at radius 2 is 0.949 bits per heavy atom. The van der Waals surface area contributed by atoms with Gasteiger partial charge >= 0.3 is 0 Å². The number of nitrogens with zero attached hydrogens (tertiary/aromatic N) is 6. The zero-order valence-electron chi connectivity index (χ0n) is 40.1. The van der Waals surface area contributed by atoms with E-state index in [-0.39, 0.29) is 0 Å². The molecule has 6 rings (SSSR count). The minimum Gasteiger partial charge on any atom is -0.493 e. The number of aromatic nitrogens is 3. The molecule has 59 heavy (non-hydrogen) atoms. The van der Waals surface area contributed by atoms with Gasteiger partial charge in [0.1, 0.15) is 11.6 Å². The highest BCUT2D eigenvalue weighted by Crippen LogP contribution is 2.35. The highest BCUT2D eigenvalue weighted by molar-refractivity contribution is 5.54. The van der Waals surface area contributed by atoms with Crippen LogP contribution in [0, 0.1) is 42.4 Å². The van der Waals surface area contributed by atoms with Gasteiger partial charge in [0.15, 0.2) is 11.6 Å². The van der Waals surface area contributed by atoms with Gasteiger partial charge < -0.3 is 24.2 Å². The quantitative estimate of drug-likeness (QED) is 0.190. The molecule has 0 amide bonds. The minimum absolute atomic E-state index is 0.443. The van der Waals surface area contributed by atoms with Gasteiger partial charge in [-0.2, -0.15) is 4.98 Å². The molecule has 0 aliphatic carbocycles. The van der Waals surface area contributed by atoms with E-state index in [0.29, 0.717) is 17.8 Å². The monoisotopic (exact) mass is 813 g/mol. The third-order valence-corrected chi connectivity index (χ3v) is 13.6. The summed E-state index contributed by atoms with van der Waals surface area (Å²) in [6.45, 7) is 36.1. The van der Waals surface area contributed by atoms with Crippen molar-refractivity contribution in [2.75, 3.05) is 68.2 Å². The molecule has 8 nitrogen and oxygen atoms in total. The van der Waals surface area contributed by atoms with Crippen molar-refractivity contribution in [3.8, 4) is 11.6 Å². The van der Waals surface area contributed by atoms with Gasteiger partial charge in [-0.3, -0.25) is 0 Å². The van der Waals surface area contributed by atoms with Gasteiger partial charge in [0.2, 0.25) is 5.88 Å². The van der Waals surface area contributed by atoms with Crippen molar-refractivity contribution in [2.45, 2.75) is 146 Å². The number of rotatable bonds is 11. The number of aryl methyl sites for hydroxylation is 1. The molecular formula is C51H84N6O2. The van der Waals surface area contributed by atoms with Crippen LogP contribution in [0.1, 0.15) is 162 Å². The molecular weight excluding hydrogens is 729 g/mol. The fourth-order valence-corrected chi connectivity index (χ4v) is 9.09. The van der Waals surface area contributed by atoms with E-state index in [9.17, 15) is 0 Å². The van der Waals surface area contributed by atoms with Crippen LogP contribution in [-0.4, -0.2) is 68.4 Å². The first kappa shape index (κ1) is 48.1. The number of hydrogen-bond acceptors (Lipinski definition) is 8. The smallest absolute Gasteiger partial charge is 0.218 e. The lowest BCUT2D eigenvalue weighted by Gasteiger charge is -2.35. The standard InChI is InChI=1S/2C17H28N2O.C17H28N2/c1-12(2)14-6-8-19(9-7-14)17-16(20-5)10-15(11-18-17)13(3)4;1-12(2)14-8-10-19(11-9-14)16-7-6-15(13(3)4)17(18-16)20-5;1-12(2)15-8-10-19(11-9-15)17-7-6-16(13(3)4)14(5)18-17/h10-14H,6-9H2,1-5H3;6-7,12-14H,8-11H2,1-5H3;6-7,12-13,15H,8-11H2,1-5H3. The number of methoxy groups -OCH3 is 2. The molecule has 3 aromatic heterocycles.